The van der Waals surface area contributed by atoms with E-state index in [1.54, 1.807) is 6.92 Å². The van der Waals surface area contributed by atoms with Gasteiger partial charge < -0.3 is 0 Å². The molecule has 4 aromatic carbocycles. The molecule has 0 fully saturated rings. The predicted octanol–water partition coefficient (Wildman–Crippen LogP) is 5.64. The number of benzene rings is 4. The monoisotopic (exact) mass is 504 g/mol. The van der Waals surface area contributed by atoms with Crippen LogP contribution in [0.2, 0.25) is 0 Å². The number of carbonyl (C=O) groups is 1. The fourth-order valence-electron chi connectivity index (χ4n) is 4.40. The van der Waals surface area contributed by atoms with Crippen LogP contribution in [0.5, 0.6) is 0 Å². The van der Waals surface area contributed by atoms with Crippen LogP contribution in [0, 0.1) is 5.82 Å². The van der Waals surface area contributed by atoms with Gasteiger partial charge in [0.15, 0.2) is 0 Å². The second kappa shape index (κ2) is 10.9. The molecule has 0 aliphatic carbocycles. The number of hydrazone groups is 1. The Morgan fingerprint density at radius 2 is 1.34 bits per heavy atom. The van der Waals surface area contributed by atoms with Gasteiger partial charge in [0.2, 0.25) is 0 Å². The third-order valence-corrected chi connectivity index (χ3v) is 6.26. The molecule has 7 heteroatoms. The SMILES string of the molecule is CC(=NNC(=O)C(c1ccccc1)c1ccccc1)c1c(-c2ccccc2)[nH]n(-c2ccc(F)cc2)c1=O. The third-order valence-electron chi connectivity index (χ3n) is 6.26. The minimum Gasteiger partial charge on any atom is -0.290 e. The zero-order valence-electron chi connectivity index (χ0n) is 20.6. The molecule has 6 nitrogen and oxygen atoms in total. The van der Waals surface area contributed by atoms with Crippen molar-refractivity contribution in [3.63, 3.8) is 0 Å². The molecule has 0 spiro atoms. The second-order valence-corrected chi connectivity index (χ2v) is 8.77. The highest BCUT2D eigenvalue weighted by atomic mass is 19.1. The molecular formula is C31H25FN4O2. The van der Waals surface area contributed by atoms with E-state index in [0.29, 0.717) is 22.7 Å². The minimum absolute atomic E-state index is 0.303. The number of halogens is 1. The highest BCUT2D eigenvalue weighted by Crippen LogP contribution is 2.25. The van der Waals surface area contributed by atoms with E-state index in [-0.39, 0.29) is 11.5 Å². The van der Waals surface area contributed by atoms with Crippen molar-refractivity contribution >= 4 is 11.6 Å². The fourth-order valence-corrected chi connectivity index (χ4v) is 4.40. The molecule has 1 aromatic heterocycles. The standard InChI is InChI=1S/C31H25FN4O2/c1-21(33-34-30(37)28(22-11-5-2-6-12-22)23-13-7-3-8-14-23)27-29(24-15-9-4-10-16-24)35-36(31(27)38)26-19-17-25(32)18-20-26/h2-20,28,35H,1H3,(H,34,37). The van der Waals surface area contributed by atoms with E-state index in [2.05, 4.69) is 15.6 Å². The zero-order valence-corrected chi connectivity index (χ0v) is 20.6. The highest BCUT2D eigenvalue weighted by Gasteiger charge is 2.24. The first-order valence-electron chi connectivity index (χ1n) is 12.1. The van der Waals surface area contributed by atoms with Crippen LogP contribution in [0.15, 0.2) is 125 Å². The lowest BCUT2D eigenvalue weighted by Crippen LogP contribution is -2.28. The zero-order chi connectivity index (χ0) is 26.5. The molecule has 188 valence electrons. The molecule has 0 radical (unpaired) electrons. The molecule has 38 heavy (non-hydrogen) atoms. The summed E-state index contributed by atoms with van der Waals surface area (Å²) in [6.45, 7) is 1.67. The van der Waals surface area contributed by atoms with Crippen molar-refractivity contribution in [1.29, 1.82) is 0 Å². The van der Waals surface area contributed by atoms with Crippen molar-refractivity contribution in [2.75, 3.05) is 0 Å². The van der Waals surface area contributed by atoms with Gasteiger partial charge in [0.25, 0.3) is 11.5 Å². The minimum atomic E-state index is -0.579. The van der Waals surface area contributed by atoms with Gasteiger partial charge in [-0.25, -0.2) is 14.5 Å². The van der Waals surface area contributed by atoms with E-state index in [9.17, 15) is 14.0 Å². The number of hydrogen-bond donors (Lipinski definition) is 2. The number of nitrogens with one attached hydrogen (secondary N) is 2. The number of aromatic amines is 1. The van der Waals surface area contributed by atoms with Crippen LogP contribution in [-0.4, -0.2) is 21.4 Å². The van der Waals surface area contributed by atoms with Crippen LogP contribution in [-0.2, 0) is 4.79 Å². The van der Waals surface area contributed by atoms with Gasteiger partial charge in [0.05, 0.1) is 28.6 Å². The summed E-state index contributed by atoms with van der Waals surface area (Å²) in [5.74, 6) is -1.30. The van der Waals surface area contributed by atoms with Crippen LogP contribution in [0.4, 0.5) is 4.39 Å². The highest BCUT2D eigenvalue weighted by molar-refractivity contribution is 6.04. The van der Waals surface area contributed by atoms with Gasteiger partial charge in [-0.3, -0.25) is 14.7 Å². The van der Waals surface area contributed by atoms with E-state index in [1.807, 2.05) is 91.0 Å². The van der Waals surface area contributed by atoms with Crippen LogP contribution >= 0.6 is 0 Å². The van der Waals surface area contributed by atoms with Gasteiger partial charge in [-0.2, -0.15) is 5.10 Å². The van der Waals surface area contributed by atoms with Crippen molar-refractivity contribution < 1.29 is 9.18 Å². The van der Waals surface area contributed by atoms with E-state index >= 15 is 0 Å². The molecule has 0 saturated heterocycles. The Morgan fingerprint density at radius 3 is 1.89 bits per heavy atom. The molecule has 0 saturated carbocycles. The summed E-state index contributed by atoms with van der Waals surface area (Å²) in [7, 11) is 0. The molecule has 0 unspecified atom stereocenters. The number of carbonyl (C=O) groups excluding carboxylic acids is 1. The molecule has 0 aliphatic heterocycles. The maximum atomic E-state index is 13.6. The number of amides is 1. The van der Waals surface area contributed by atoms with Crippen LogP contribution in [0.3, 0.4) is 0 Å². The van der Waals surface area contributed by atoms with E-state index < -0.39 is 11.7 Å². The Hall–Kier alpha value is -5.04. The summed E-state index contributed by atoms with van der Waals surface area (Å²) in [5, 5.41) is 7.49. The number of H-pyrrole nitrogens is 1. The van der Waals surface area contributed by atoms with Crippen molar-refractivity contribution in [2.45, 2.75) is 12.8 Å². The fraction of sp³-hybridized carbons (Fsp3) is 0.0645. The van der Waals surface area contributed by atoms with Gasteiger partial charge in [-0.05, 0) is 42.3 Å². The van der Waals surface area contributed by atoms with E-state index in [0.717, 1.165) is 16.7 Å². The molecule has 5 aromatic rings. The van der Waals surface area contributed by atoms with E-state index in [4.69, 9.17) is 0 Å². The Labute approximate surface area is 219 Å². The normalized spacial score (nSPS) is 11.5. The summed E-state index contributed by atoms with van der Waals surface area (Å²) in [5.41, 5.74) is 6.39. The quantitative estimate of drug-likeness (QED) is 0.222. The van der Waals surface area contributed by atoms with Crippen LogP contribution in [0.25, 0.3) is 16.9 Å². The number of nitrogens with zero attached hydrogens (tertiary/aromatic N) is 2. The molecule has 1 heterocycles. The Kier molecular flexibility index (Phi) is 7.08. The van der Waals surface area contributed by atoms with Crippen LogP contribution < -0.4 is 11.0 Å². The van der Waals surface area contributed by atoms with Gasteiger partial charge in [-0.1, -0.05) is 91.0 Å². The molecule has 0 aliphatic rings. The average molecular weight is 505 g/mol. The Bertz CT molecular complexity index is 1590. The van der Waals surface area contributed by atoms with Crippen molar-refractivity contribution in [3.8, 4) is 16.9 Å². The molecule has 5 rings (SSSR count). The smallest absolute Gasteiger partial charge is 0.281 e. The Morgan fingerprint density at radius 1 is 0.816 bits per heavy atom. The van der Waals surface area contributed by atoms with Gasteiger partial charge in [-0.15, -0.1) is 0 Å². The maximum absolute atomic E-state index is 13.6. The average Bonchev–Trinajstić information content (AvgIpc) is 3.31. The van der Waals surface area contributed by atoms with Crippen molar-refractivity contribution in [3.05, 3.63) is 148 Å². The first-order chi connectivity index (χ1) is 18.5. The first kappa shape index (κ1) is 24.6. The lowest BCUT2D eigenvalue weighted by atomic mass is 9.91. The molecule has 0 atom stereocenters. The lowest BCUT2D eigenvalue weighted by Gasteiger charge is -2.16. The first-order valence-corrected chi connectivity index (χ1v) is 12.1. The topological polar surface area (TPSA) is 79.2 Å². The molecule has 0 bridgehead atoms. The largest absolute Gasteiger partial charge is 0.290 e. The maximum Gasteiger partial charge on any atom is 0.281 e. The summed E-state index contributed by atoms with van der Waals surface area (Å²) in [6, 6.07) is 33.9. The van der Waals surface area contributed by atoms with Gasteiger partial charge in [0.1, 0.15) is 5.82 Å². The summed E-state index contributed by atoms with van der Waals surface area (Å²) >= 11 is 0. The number of aromatic nitrogens is 2. The van der Waals surface area contributed by atoms with Crippen molar-refractivity contribution in [1.82, 2.24) is 15.2 Å². The van der Waals surface area contributed by atoms with Gasteiger partial charge in [0, 0.05) is 5.56 Å². The third kappa shape index (κ3) is 5.08. The Balaban J connectivity index is 1.53. The van der Waals surface area contributed by atoms with Crippen LogP contribution in [0.1, 0.15) is 29.5 Å². The molecular weight excluding hydrogens is 479 g/mol. The van der Waals surface area contributed by atoms with Gasteiger partial charge >= 0.3 is 0 Å². The van der Waals surface area contributed by atoms with Crippen molar-refractivity contribution in [2.24, 2.45) is 5.10 Å². The summed E-state index contributed by atoms with van der Waals surface area (Å²) < 4.78 is 14.9. The lowest BCUT2D eigenvalue weighted by molar-refractivity contribution is -0.121. The number of rotatable bonds is 7. The summed E-state index contributed by atoms with van der Waals surface area (Å²) in [6.07, 6.45) is 0. The summed E-state index contributed by atoms with van der Waals surface area (Å²) in [4.78, 5) is 27.0. The second-order valence-electron chi connectivity index (χ2n) is 8.77. The molecule has 1 amide bonds. The number of hydrogen-bond acceptors (Lipinski definition) is 3. The molecule has 2 N–H and O–H groups in total. The van der Waals surface area contributed by atoms with E-state index in [1.165, 1.54) is 28.9 Å². The predicted molar refractivity (Wildman–Crippen MR) is 147 cm³/mol.